The highest BCUT2D eigenvalue weighted by molar-refractivity contribution is 7.99. The number of nitriles is 1. The van der Waals surface area contributed by atoms with Crippen molar-refractivity contribution in [1.82, 2.24) is 14.8 Å². The van der Waals surface area contributed by atoms with E-state index in [9.17, 15) is 10.1 Å². The molecule has 4 rings (SSSR count). The van der Waals surface area contributed by atoms with Crippen molar-refractivity contribution in [3.8, 4) is 6.07 Å². The molecule has 31 heavy (non-hydrogen) atoms. The molecule has 2 aliphatic carbocycles. The number of carbonyl (C=O) groups is 1. The van der Waals surface area contributed by atoms with Gasteiger partial charge in [-0.3, -0.25) is 4.79 Å². The summed E-state index contributed by atoms with van der Waals surface area (Å²) in [6.45, 7) is 11.3. The topological polar surface area (TPSA) is 83.6 Å². The number of aromatic nitrogens is 3. The summed E-state index contributed by atoms with van der Waals surface area (Å²) in [6, 6.07) is 2.34. The molecule has 6 nitrogen and oxygen atoms in total. The van der Waals surface area contributed by atoms with Gasteiger partial charge in [0.25, 0.3) is 0 Å². The molecule has 1 fully saturated rings. The van der Waals surface area contributed by atoms with Crippen molar-refractivity contribution >= 4 is 34.0 Å². The standard InChI is InChI=1S/C23H29N5OS2/c1-5-10-28-20(14-6-7-14)26-27-22(28)30-13-19(29)25-21-17(12-24)16-9-8-15(23(2,3)4)11-18(16)31-21/h5,14-15H,1,6-11,13H2,2-4H3,(H,25,29). The number of amides is 1. The molecule has 1 unspecified atom stereocenters. The van der Waals surface area contributed by atoms with E-state index in [0.29, 0.717) is 28.9 Å². The molecule has 0 radical (unpaired) electrons. The number of fused-ring (bicyclic) bond motifs is 1. The maximum Gasteiger partial charge on any atom is 0.235 e. The van der Waals surface area contributed by atoms with E-state index in [4.69, 9.17) is 0 Å². The highest BCUT2D eigenvalue weighted by Gasteiger charge is 2.33. The van der Waals surface area contributed by atoms with Crippen LogP contribution >= 0.6 is 23.1 Å². The van der Waals surface area contributed by atoms with E-state index in [1.807, 2.05) is 6.08 Å². The van der Waals surface area contributed by atoms with Crippen LogP contribution in [0, 0.1) is 22.7 Å². The first-order valence-electron chi connectivity index (χ1n) is 10.8. The molecule has 0 saturated heterocycles. The van der Waals surface area contributed by atoms with Crippen LogP contribution in [0.4, 0.5) is 5.00 Å². The Morgan fingerprint density at radius 3 is 2.81 bits per heavy atom. The molecule has 1 atom stereocenters. The Balaban J connectivity index is 1.43. The van der Waals surface area contributed by atoms with Gasteiger partial charge in [-0.05, 0) is 49.0 Å². The minimum atomic E-state index is -0.117. The van der Waals surface area contributed by atoms with Crippen molar-refractivity contribution in [2.24, 2.45) is 11.3 Å². The summed E-state index contributed by atoms with van der Waals surface area (Å²) in [5.74, 6) is 2.20. The molecule has 1 N–H and O–H groups in total. The van der Waals surface area contributed by atoms with E-state index in [1.54, 1.807) is 11.3 Å². The van der Waals surface area contributed by atoms with Crippen LogP contribution < -0.4 is 5.32 Å². The van der Waals surface area contributed by atoms with Gasteiger partial charge >= 0.3 is 0 Å². The number of carbonyl (C=O) groups excluding carboxylic acids is 1. The third kappa shape index (κ3) is 4.73. The lowest BCUT2D eigenvalue weighted by Gasteiger charge is -2.33. The molecule has 0 bridgehead atoms. The second-order valence-corrected chi connectivity index (χ2v) is 11.5. The van der Waals surface area contributed by atoms with Crippen LogP contribution in [0.5, 0.6) is 0 Å². The van der Waals surface area contributed by atoms with Crippen molar-refractivity contribution in [3.63, 3.8) is 0 Å². The second-order valence-electron chi connectivity index (χ2n) is 9.48. The van der Waals surface area contributed by atoms with E-state index in [0.717, 1.165) is 48.6 Å². The Morgan fingerprint density at radius 1 is 1.39 bits per heavy atom. The summed E-state index contributed by atoms with van der Waals surface area (Å²) in [6.07, 6.45) is 7.12. The SMILES string of the molecule is C=CCn1c(SCC(=O)Nc2sc3c(c2C#N)CCC(C(C)(C)C)C3)nnc1C1CC1. The number of nitrogens with zero attached hydrogens (tertiary/aromatic N) is 4. The average Bonchev–Trinajstić information content (AvgIpc) is 3.39. The molecule has 0 spiro atoms. The van der Waals surface area contributed by atoms with Gasteiger partial charge in [0, 0.05) is 17.3 Å². The van der Waals surface area contributed by atoms with E-state index in [1.165, 1.54) is 16.6 Å². The number of anilines is 1. The van der Waals surface area contributed by atoms with E-state index < -0.39 is 0 Å². The van der Waals surface area contributed by atoms with Crippen molar-refractivity contribution in [2.45, 2.75) is 70.5 Å². The normalized spacial score (nSPS) is 18.3. The molecule has 2 aromatic heterocycles. The van der Waals surface area contributed by atoms with Crippen LogP contribution in [0.1, 0.15) is 67.8 Å². The summed E-state index contributed by atoms with van der Waals surface area (Å²) in [4.78, 5) is 14.0. The number of thiophene rings is 1. The van der Waals surface area contributed by atoms with Crippen LogP contribution in [0.15, 0.2) is 17.8 Å². The third-order valence-corrected chi connectivity index (χ3v) is 8.32. The van der Waals surface area contributed by atoms with E-state index >= 15 is 0 Å². The quantitative estimate of drug-likeness (QED) is 0.461. The van der Waals surface area contributed by atoms with E-state index in [2.05, 4.69) is 53.5 Å². The van der Waals surface area contributed by atoms with Crippen molar-refractivity contribution in [3.05, 3.63) is 34.5 Å². The first-order valence-corrected chi connectivity index (χ1v) is 12.6. The third-order valence-electron chi connectivity index (χ3n) is 6.19. The Labute approximate surface area is 192 Å². The molecule has 164 valence electrons. The minimum absolute atomic E-state index is 0.117. The van der Waals surface area contributed by atoms with Gasteiger partial charge in [0.2, 0.25) is 5.91 Å². The fourth-order valence-corrected chi connectivity index (χ4v) is 6.22. The van der Waals surface area contributed by atoms with Gasteiger partial charge in [0.15, 0.2) is 5.16 Å². The molecule has 1 amide bonds. The maximum absolute atomic E-state index is 12.7. The van der Waals surface area contributed by atoms with Crippen LogP contribution in [0.2, 0.25) is 0 Å². The summed E-state index contributed by atoms with van der Waals surface area (Å²) in [5, 5.41) is 22.8. The van der Waals surface area contributed by atoms with Gasteiger partial charge in [-0.15, -0.1) is 28.1 Å². The monoisotopic (exact) mass is 455 g/mol. The average molecular weight is 456 g/mol. The zero-order valence-corrected chi connectivity index (χ0v) is 20.0. The Hall–Kier alpha value is -2.11. The first kappa shape index (κ1) is 22.1. The van der Waals surface area contributed by atoms with Crippen LogP contribution in [0.3, 0.4) is 0 Å². The zero-order chi connectivity index (χ0) is 22.2. The van der Waals surface area contributed by atoms with Crippen LogP contribution in [-0.2, 0) is 24.2 Å². The van der Waals surface area contributed by atoms with Gasteiger partial charge in [0.05, 0.1) is 11.3 Å². The number of hydrogen-bond donors (Lipinski definition) is 1. The zero-order valence-electron chi connectivity index (χ0n) is 18.4. The largest absolute Gasteiger partial charge is 0.316 e. The molecule has 2 aromatic rings. The lowest BCUT2D eigenvalue weighted by Crippen LogP contribution is -2.26. The van der Waals surface area contributed by atoms with Gasteiger partial charge in [-0.25, -0.2) is 0 Å². The maximum atomic E-state index is 12.7. The number of hydrogen-bond acceptors (Lipinski definition) is 6. The van der Waals surface area contributed by atoms with Gasteiger partial charge in [-0.1, -0.05) is 38.6 Å². The summed E-state index contributed by atoms with van der Waals surface area (Å²) in [7, 11) is 0. The molecule has 0 aliphatic heterocycles. The molecule has 1 saturated carbocycles. The lowest BCUT2D eigenvalue weighted by atomic mass is 9.72. The first-order chi connectivity index (χ1) is 14.8. The number of nitrogens with one attached hydrogen (secondary N) is 1. The summed E-state index contributed by atoms with van der Waals surface area (Å²) >= 11 is 2.96. The molecule has 8 heteroatoms. The fraction of sp³-hybridized carbons (Fsp3) is 0.565. The van der Waals surface area contributed by atoms with Gasteiger partial charge in [-0.2, -0.15) is 5.26 Å². The molecule has 0 aromatic carbocycles. The van der Waals surface area contributed by atoms with Crippen molar-refractivity contribution < 1.29 is 4.79 Å². The predicted molar refractivity (Wildman–Crippen MR) is 126 cm³/mol. The predicted octanol–water partition coefficient (Wildman–Crippen LogP) is 5.16. The van der Waals surface area contributed by atoms with Gasteiger partial charge in [0.1, 0.15) is 16.9 Å². The molecular weight excluding hydrogens is 426 g/mol. The fourth-order valence-electron chi connectivity index (χ4n) is 4.18. The van der Waals surface area contributed by atoms with Crippen LogP contribution in [0.25, 0.3) is 0 Å². The minimum Gasteiger partial charge on any atom is -0.316 e. The van der Waals surface area contributed by atoms with Gasteiger partial charge < -0.3 is 9.88 Å². The summed E-state index contributed by atoms with van der Waals surface area (Å²) < 4.78 is 2.06. The number of allylic oxidation sites excluding steroid dienone is 1. The lowest BCUT2D eigenvalue weighted by molar-refractivity contribution is -0.113. The Kier molecular flexibility index (Phi) is 6.27. The Morgan fingerprint density at radius 2 is 2.16 bits per heavy atom. The smallest absolute Gasteiger partial charge is 0.235 e. The van der Waals surface area contributed by atoms with E-state index in [-0.39, 0.29) is 17.1 Å². The van der Waals surface area contributed by atoms with Crippen LogP contribution in [-0.4, -0.2) is 26.4 Å². The van der Waals surface area contributed by atoms with Crippen molar-refractivity contribution in [1.29, 1.82) is 5.26 Å². The summed E-state index contributed by atoms with van der Waals surface area (Å²) in [5.41, 5.74) is 2.03. The number of rotatable bonds is 7. The Bertz CT molecular complexity index is 1040. The number of thioether (sulfide) groups is 1. The molecule has 2 aliphatic rings. The highest BCUT2D eigenvalue weighted by Crippen LogP contribution is 2.44. The second kappa shape index (κ2) is 8.79. The molecule has 2 heterocycles. The van der Waals surface area contributed by atoms with Crippen molar-refractivity contribution in [2.75, 3.05) is 11.1 Å². The highest BCUT2D eigenvalue weighted by atomic mass is 32.2. The molecular formula is C23H29N5OS2.